The maximum atomic E-state index is 5.63. The molecular formula is C21H29NO2. The number of allylic oxidation sites excluding steroid dienone is 1. The van der Waals surface area contributed by atoms with Crippen LogP contribution in [-0.4, -0.2) is 43.9 Å². The Morgan fingerprint density at radius 2 is 1.96 bits per heavy atom. The van der Waals surface area contributed by atoms with Crippen LogP contribution >= 0.6 is 0 Å². The molecule has 1 saturated heterocycles. The molecular weight excluding hydrogens is 298 g/mol. The van der Waals surface area contributed by atoms with Crippen molar-refractivity contribution >= 4 is 0 Å². The number of ether oxygens (including phenoxy) is 2. The molecule has 1 aromatic rings. The van der Waals surface area contributed by atoms with Crippen molar-refractivity contribution < 1.29 is 9.47 Å². The van der Waals surface area contributed by atoms with Crippen molar-refractivity contribution in [3.8, 4) is 11.8 Å². The summed E-state index contributed by atoms with van der Waals surface area (Å²) in [7, 11) is 1.73. The van der Waals surface area contributed by atoms with Crippen LogP contribution in [0.15, 0.2) is 36.4 Å². The SMILES string of the molecule is C/C=C\[C@](C)(OC)C(C)C#Cc1ccc(CN2CCOCC2)cc1. The average Bonchev–Trinajstić information content (AvgIpc) is 2.62. The van der Waals surface area contributed by atoms with E-state index >= 15 is 0 Å². The van der Waals surface area contributed by atoms with Gasteiger partial charge in [0, 0.05) is 32.3 Å². The second kappa shape index (κ2) is 9.03. The van der Waals surface area contributed by atoms with E-state index in [1.54, 1.807) is 7.11 Å². The first-order valence-electron chi connectivity index (χ1n) is 8.67. The second-order valence-corrected chi connectivity index (χ2v) is 6.46. The zero-order valence-electron chi connectivity index (χ0n) is 15.3. The zero-order valence-corrected chi connectivity index (χ0v) is 15.3. The van der Waals surface area contributed by atoms with E-state index in [9.17, 15) is 0 Å². The predicted octanol–water partition coefficient (Wildman–Crippen LogP) is 3.49. The van der Waals surface area contributed by atoms with Crippen molar-refractivity contribution in [3.05, 3.63) is 47.5 Å². The van der Waals surface area contributed by atoms with Crippen molar-refractivity contribution in [2.24, 2.45) is 5.92 Å². The fourth-order valence-electron chi connectivity index (χ4n) is 2.77. The van der Waals surface area contributed by atoms with Gasteiger partial charge in [-0.1, -0.05) is 36.1 Å². The highest BCUT2D eigenvalue weighted by atomic mass is 16.5. The van der Waals surface area contributed by atoms with Gasteiger partial charge in [-0.05, 0) is 38.5 Å². The Morgan fingerprint density at radius 1 is 1.29 bits per heavy atom. The van der Waals surface area contributed by atoms with Crippen LogP contribution in [0, 0.1) is 17.8 Å². The summed E-state index contributed by atoms with van der Waals surface area (Å²) >= 11 is 0. The fraction of sp³-hybridized carbons (Fsp3) is 0.524. The Hall–Kier alpha value is -1.60. The van der Waals surface area contributed by atoms with Crippen LogP contribution in [0.25, 0.3) is 0 Å². The molecule has 0 radical (unpaired) electrons. The molecule has 0 saturated carbocycles. The molecule has 0 aromatic heterocycles. The van der Waals surface area contributed by atoms with Crippen molar-refractivity contribution in [2.75, 3.05) is 33.4 Å². The molecule has 2 rings (SSSR count). The molecule has 0 aliphatic carbocycles. The van der Waals surface area contributed by atoms with E-state index in [4.69, 9.17) is 9.47 Å². The lowest BCUT2D eigenvalue weighted by Gasteiger charge is -2.28. The van der Waals surface area contributed by atoms with Gasteiger partial charge in [0.1, 0.15) is 0 Å². The van der Waals surface area contributed by atoms with Gasteiger partial charge in [0.05, 0.1) is 24.7 Å². The van der Waals surface area contributed by atoms with Gasteiger partial charge in [-0.15, -0.1) is 0 Å². The predicted molar refractivity (Wildman–Crippen MR) is 98.8 cm³/mol. The smallest absolute Gasteiger partial charge is 0.0964 e. The number of nitrogens with zero attached hydrogens (tertiary/aromatic N) is 1. The van der Waals surface area contributed by atoms with E-state index in [-0.39, 0.29) is 11.5 Å². The van der Waals surface area contributed by atoms with E-state index in [0.29, 0.717) is 0 Å². The Kier molecular flexibility index (Phi) is 7.05. The molecule has 3 nitrogen and oxygen atoms in total. The van der Waals surface area contributed by atoms with E-state index in [1.807, 2.05) is 13.0 Å². The van der Waals surface area contributed by atoms with Crippen LogP contribution in [0.3, 0.4) is 0 Å². The summed E-state index contributed by atoms with van der Waals surface area (Å²) in [6, 6.07) is 8.56. The summed E-state index contributed by atoms with van der Waals surface area (Å²) < 4.78 is 11.0. The lowest BCUT2D eigenvalue weighted by atomic mass is 9.90. The van der Waals surface area contributed by atoms with Gasteiger partial charge in [0.2, 0.25) is 0 Å². The van der Waals surface area contributed by atoms with Gasteiger partial charge in [-0.3, -0.25) is 4.90 Å². The lowest BCUT2D eigenvalue weighted by molar-refractivity contribution is 0.0222. The molecule has 0 N–H and O–H groups in total. The first kappa shape index (κ1) is 18.7. The van der Waals surface area contributed by atoms with Crippen LogP contribution in [-0.2, 0) is 16.0 Å². The summed E-state index contributed by atoms with van der Waals surface area (Å²) in [4.78, 5) is 2.42. The third-order valence-corrected chi connectivity index (χ3v) is 4.69. The molecule has 3 heteroatoms. The number of hydrogen-bond acceptors (Lipinski definition) is 3. The highest BCUT2D eigenvalue weighted by Gasteiger charge is 2.26. The molecule has 1 aromatic carbocycles. The van der Waals surface area contributed by atoms with E-state index < -0.39 is 0 Å². The van der Waals surface area contributed by atoms with E-state index in [2.05, 4.69) is 60.9 Å². The minimum absolute atomic E-state index is 0.117. The highest BCUT2D eigenvalue weighted by molar-refractivity contribution is 5.37. The molecule has 0 spiro atoms. The molecule has 0 bridgehead atoms. The van der Waals surface area contributed by atoms with Crippen LogP contribution in [0.1, 0.15) is 31.9 Å². The summed E-state index contributed by atoms with van der Waals surface area (Å²) in [5, 5.41) is 0. The largest absolute Gasteiger partial charge is 0.379 e. The molecule has 24 heavy (non-hydrogen) atoms. The number of hydrogen-bond donors (Lipinski definition) is 0. The van der Waals surface area contributed by atoms with Gasteiger partial charge in [-0.2, -0.15) is 0 Å². The van der Waals surface area contributed by atoms with Crippen LogP contribution in [0.2, 0.25) is 0 Å². The van der Waals surface area contributed by atoms with Crippen molar-refractivity contribution in [1.29, 1.82) is 0 Å². The molecule has 1 unspecified atom stereocenters. The molecule has 1 heterocycles. The van der Waals surface area contributed by atoms with Crippen molar-refractivity contribution in [2.45, 2.75) is 32.9 Å². The maximum absolute atomic E-state index is 5.63. The zero-order chi connectivity index (χ0) is 17.4. The van der Waals surface area contributed by atoms with Crippen molar-refractivity contribution in [3.63, 3.8) is 0 Å². The van der Waals surface area contributed by atoms with Gasteiger partial charge in [-0.25, -0.2) is 0 Å². The molecule has 130 valence electrons. The summed E-state index contributed by atoms with van der Waals surface area (Å²) in [6.45, 7) is 10.9. The second-order valence-electron chi connectivity index (χ2n) is 6.46. The fourth-order valence-corrected chi connectivity index (χ4v) is 2.77. The normalized spacial score (nSPS) is 19.5. The quantitative estimate of drug-likeness (QED) is 0.610. The number of methoxy groups -OCH3 is 1. The summed E-state index contributed by atoms with van der Waals surface area (Å²) in [6.07, 6.45) is 4.08. The standard InChI is InChI=1S/C21H29NO2/c1-5-12-21(3,23-4)18(2)6-7-19-8-10-20(11-9-19)17-22-13-15-24-16-14-22/h5,8-12,18H,13-17H2,1-4H3/b12-5-/t18?,21-/m0/s1. The Bertz CT molecular complexity index is 591. The van der Waals surface area contributed by atoms with Gasteiger partial charge >= 0.3 is 0 Å². The Balaban J connectivity index is 1.98. The number of rotatable bonds is 5. The number of benzene rings is 1. The average molecular weight is 327 g/mol. The first-order chi connectivity index (χ1) is 11.6. The third-order valence-electron chi connectivity index (χ3n) is 4.69. The van der Waals surface area contributed by atoms with Gasteiger partial charge in [0.25, 0.3) is 0 Å². The topological polar surface area (TPSA) is 21.7 Å². The van der Waals surface area contributed by atoms with E-state index in [1.165, 1.54) is 5.56 Å². The molecule has 1 aliphatic rings. The monoisotopic (exact) mass is 327 g/mol. The summed E-state index contributed by atoms with van der Waals surface area (Å²) in [5.41, 5.74) is 2.02. The van der Waals surface area contributed by atoms with Gasteiger partial charge < -0.3 is 9.47 Å². The lowest BCUT2D eigenvalue weighted by Crippen LogP contribution is -2.35. The van der Waals surface area contributed by atoms with Gasteiger partial charge in [0.15, 0.2) is 0 Å². The van der Waals surface area contributed by atoms with Crippen LogP contribution in [0.4, 0.5) is 0 Å². The molecule has 0 amide bonds. The first-order valence-corrected chi connectivity index (χ1v) is 8.67. The minimum Gasteiger partial charge on any atom is -0.379 e. The Labute approximate surface area is 146 Å². The molecule has 1 aliphatic heterocycles. The summed E-state index contributed by atoms with van der Waals surface area (Å²) in [5.74, 6) is 6.72. The maximum Gasteiger partial charge on any atom is 0.0964 e. The van der Waals surface area contributed by atoms with Crippen LogP contribution in [0.5, 0.6) is 0 Å². The minimum atomic E-state index is -0.349. The highest BCUT2D eigenvalue weighted by Crippen LogP contribution is 2.22. The Morgan fingerprint density at radius 3 is 2.54 bits per heavy atom. The molecule has 1 fully saturated rings. The van der Waals surface area contributed by atoms with Crippen molar-refractivity contribution in [1.82, 2.24) is 4.90 Å². The van der Waals surface area contributed by atoms with Crippen LogP contribution < -0.4 is 0 Å². The third kappa shape index (κ3) is 5.21. The van der Waals surface area contributed by atoms with E-state index in [0.717, 1.165) is 38.4 Å². The number of morpholine rings is 1. The molecule has 2 atom stereocenters.